The molecule has 2 aromatic rings. The van der Waals surface area contributed by atoms with Crippen molar-refractivity contribution in [2.24, 2.45) is 0 Å². The molecule has 8 heteroatoms. The number of nitrogens with one attached hydrogen (secondary N) is 1. The molecule has 0 aliphatic carbocycles. The fourth-order valence-electron chi connectivity index (χ4n) is 2.95. The maximum atomic E-state index is 13.5. The van der Waals surface area contributed by atoms with E-state index in [-0.39, 0.29) is 18.2 Å². The standard InChI is InChI=1S/C19H20BrFN4O2/c1-13(26)24-6-8-25(9-7-24)15-3-5-18(22-12-15)23-19(27)11-14-2-4-16(20)17(21)10-14/h2-5,10,12H,6-9,11H2,1H3,(H,22,23,27). The van der Waals surface area contributed by atoms with E-state index in [1.165, 1.54) is 6.07 Å². The van der Waals surface area contributed by atoms with E-state index in [1.807, 2.05) is 11.0 Å². The smallest absolute Gasteiger partial charge is 0.229 e. The van der Waals surface area contributed by atoms with Crippen LogP contribution < -0.4 is 10.2 Å². The number of hydrogen-bond acceptors (Lipinski definition) is 4. The molecule has 0 radical (unpaired) electrons. The molecule has 1 N–H and O–H groups in total. The Labute approximate surface area is 165 Å². The number of rotatable bonds is 4. The van der Waals surface area contributed by atoms with Crippen LogP contribution in [0.1, 0.15) is 12.5 Å². The number of anilines is 2. The van der Waals surface area contributed by atoms with Crippen molar-refractivity contribution in [2.45, 2.75) is 13.3 Å². The van der Waals surface area contributed by atoms with Crippen LogP contribution in [0, 0.1) is 5.82 Å². The normalized spacial score (nSPS) is 14.2. The Morgan fingerprint density at radius 3 is 2.52 bits per heavy atom. The summed E-state index contributed by atoms with van der Waals surface area (Å²) in [4.78, 5) is 31.8. The maximum absolute atomic E-state index is 13.5. The molecule has 1 fully saturated rings. The van der Waals surface area contributed by atoms with Gasteiger partial charge in [-0.1, -0.05) is 6.07 Å². The lowest BCUT2D eigenvalue weighted by molar-refractivity contribution is -0.129. The summed E-state index contributed by atoms with van der Waals surface area (Å²) in [5.41, 5.74) is 1.54. The first-order valence-corrected chi connectivity index (χ1v) is 9.42. The zero-order valence-electron chi connectivity index (χ0n) is 14.9. The van der Waals surface area contributed by atoms with E-state index in [0.29, 0.717) is 28.9 Å². The second kappa shape index (κ2) is 8.47. The Bertz CT molecular complexity index is 836. The lowest BCUT2D eigenvalue weighted by Crippen LogP contribution is -2.48. The highest BCUT2D eigenvalue weighted by atomic mass is 79.9. The summed E-state index contributed by atoms with van der Waals surface area (Å²) in [6.07, 6.45) is 1.78. The molecule has 2 amide bonds. The molecule has 1 saturated heterocycles. The molecule has 0 saturated carbocycles. The van der Waals surface area contributed by atoms with Crippen LogP contribution >= 0.6 is 15.9 Å². The summed E-state index contributed by atoms with van der Waals surface area (Å²) in [6.45, 7) is 4.47. The second-order valence-corrected chi connectivity index (χ2v) is 7.22. The number of aromatic nitrogens is 1. The van der Waals surface area contributed by atoms with Gasteiger partial charge in [-0.05, 0) is 45.8 Å². The van der Waals surface area contributed by atoms with E-state index >= 15 is 0 Å². The van der Waals surface area contributed by atoms with Gasteiger partial charge in [-0.25, -0.2) is 9.37 Å². The monoisotopic (exact) mass is 434 g/mol. The third-order valence-corrected chi connectivity index (χ3v) is 5.10. The average molecular weight is 435 g/mol. The highest BCUT2D eigenvalue weighted by Crippen LogP contribution is 2.19. The SMILES string of the molecule is CC(=O)N1CCN(c2ccc(NC(=O)Cc3ccc(Br)c(F)c3)nc2)CC1. The first-order chi connectivity index (χ1) is 12.9. The molecule has 0 spiro atoms. The first-order valence-electron chi connectivity index (χ1n) is 8.62. The highest BCUT2D eigenvalue weighted by molar-refractivity contribution is 9.10. The second-order valence-electron chi connectivity index (χ2n) is 6.37. The average Bonchev–Trinajstić information content (AvgIpc) is 2.65. The third kappa shape index (κ3) is 5.03. The van der Waals surface area contributed by atoms with E-state index in [1.54, 1.807) is 31.3 Å². The van der Waals surface area contributed by atoms with Crippen molar-refractivity contribution in [1.82, 2.24) is 9.88 Å². The summed E-state index contributed by atoms with van der Waals surface area (Å²) in [5.74, 6) is -0.111. The van der Waals surface area contributed by atoms with Gasteiger partial charge in [0.25, 0.3) is 0 Å². The van der Waals surface area contributed by atoms with Crippen LogP contribution in [0.4, 0.5) is 15.9 Å². The minimum Gasteiger partial charge on any atom is -0.367 e. The third-order valence-electron chi connectivity index (χ3n) is 4.45. The Kier molecular flexibility index (Phi) is 6.05. The number of pyridine rings is 1. The van der Waals surface area contributed by atoms with Crippen molar-refractivity contribution in [3.63, 3.8) is 0 Å². The van der Waals surface area contributed by atoms with Gasteiger partial charge in [0, 0.05) is 33.1 Å². The van der Waals surface area contributed by atoms with Crippen LogP contribution in [-0.2, 0) is 16.0 Å². The Morgan fingerprint density at radius 2 is 1.93 bits per heavy atom. The zero-order chi connectivity index (χ0) is 19.4. The van der Waals surface area contributed by atoms with Crippen molar-refractivity contribution < 1.29 is 14.0 Å². The van der Waals surface area contributed by atoms with E-state index in [0.717, 1.165) is 18.8 Å². The Hall–Kier alpha value is -2.48. The fraction of sp³-hybridized carbons (Fsp3) is 0.316. The van der Waals surface area contributed by atoms with Crippen LogP contribution in [-0.4, -0.2) is 47.9 Å². The Balaban J connectivity index is 1.55. The molecule has 0 atom stereocenters. The van der Waals surface area contributed by atoms with E-state index in [4.69, 9.17) is 0 Å². The molecule has 2 heterocycles. The molecule has 142 valence electrons. The first kappa shape index (κ1) is 19.3. The molecule has 6 nitrogen and oxygen atoms in total. The van der Waals surface area contributed by atoms with Crippen LogP contribution in [0.2, 0.25) is 0 Å². The van der Waals surface area contributed by atoms with Crippen LogP contribution in [0.5, 0.6) is 0 Å². The van der Waals surface area contributed by atoms with Crippen molar-refractivity contribution in [1.29, 1.82) is 0 Å². The number of halogens is 2. The molecule has 1 aromatic heterocycles. The van der Waals surface area contributed by atoms with Gasteiger partial charge in [0.15, 0.2) is 0 Å². The van der Waals surface area contributed by atoms with Gasteiger partial charge in [0.05, 0.1) is 22.8 Å². The van der Waals surface area contributed by atoms with Gasteiger partial charge in [0.2, 0.25) is 11.8 Å². The molecule has 1 aliphatic heterocycles. The number of carbonyl (C=O) groups excluding carboxylic acids is 2. The van der Waals surface area contributed by atoms with Gasteiger partial charge < -0.3 is 15.1 Å². The van der Waals surface area contributed by atoms with E-state index < -0.39 is 5.82 Å². The van der Waals surface area contributed by atoms with Crippen molar-refractivity contribution in [2.75, 3.05) is 36.4 Å². The predicted molar refractivity (Wildman–Crippen MR) is 105 cm³/mol. The number of nitrogens with zero attached hydrogens (tertiary/aromatic N) is 3. The molecular weight excluding hydrogens is 415 g/mol. The van der Waals surface area contributed by atoms with Crippen LogP contribution in [0.25, 0.3) is 0 Å². The highest BCUT2D eigenvalue weighted by Gasteiger charge is 2.19. The lowest BCUT2D eigenvalue weighted by Gasteiger charge is -2.35. The number of benzene rings is 1. The quantitative estimate of drug-likeness (QED) is 0.803. The number of hydrogen-bond donors (Lipinski definition) is 1. The zero-order valence-corrected chi connectivity index (χ0v) is 16.5. The minimum absolute atomic E-state index is 0.0701. The molecular formula is C19H20BrFN4O2. The van der Waals surface area contributed by atoms with E-state index in [2.05, 4.69) is 31.1 Å². The molecule has 0 bridgehead atoms. The maximum Gasteiger partial charge on any atom is 0.229 e. The van der Waals surface area contributed by atoms with Gasteiger partial charge in [-0.15, -0.1) is 0 Å². The van der Waals surface area contributed by atoms with Crippen molar-refractivity contribution in [3.8, 4) is 0 Å². The molecule has 1 aromatic carbocycles. The largest absolute Gasteiger partial charge is 0.367 e. The van der Waals surface area contributed by atoms with Gasteiger partial charge >= 0.3 is 0 Å². The van der Waals surface area contributed by atoms with Gasteiger partial charge in [0.1, 0.15) is 11.6 Å². The van der Waals surface area contributed by atoms with Crippen LogP contribution in [0.3, 0.4) is 0 Å². The Morgan fingerprint density at radius 1 is 1.19 bits per heavy atom. The fourth-order valence-corrected chi connectivity index (χ4v) is 3.20. The number of piperazine rings is 1. The summed E-state index contributed by atoms with van der Waals surface area (Å²) < 4.78 is 13.9. The van der Waals surface area contributed by atoms with Crippen LogP contribution in [0.15, 0.2) is 41.0 Å². The number of amides is 2. The van der Waals surface area contributed by atoms with Crippen molar-refractivity contribution in [3.05, 3.63) is 52.4 Å². The predicted octanol–water partition coefficient (Wildman–Crippen LogP) is 2.83. The summed E-state index contributed by atoms with van der Waals surface area (Å²) in [7, 11) is 0. The molecule has 1 aliphatic rings. The van der Waals surface area contributed by atoms with Gasteiger partial charge in [-0.2, -0.15) is 0 Å². The minimum atomic E-state index is -0.396. The number of carbonyl (C=O) groups is 2. The molecule has 0 unspecified atom stereocenters. The summed E-state index contributed by atoms with van der Waals surface area (Å²) >= 11 is 3.09. The molecule has 27 heavy (non-hydrogen) atoms. The summed E-state index contributed by atoms with van der Waals surface area (Å²) in [5, 5.41) is 2.72. The lowest BCUT2D eigenvalue weighted by atomic mass is 10.1. The molecule has 3 rings (SSSR count). The topological polar surface area (TPSA) is 65.5 Å². The van der Waals surface area contributed by atoms with E-state index in [9.17, 15) is 14.0 Å². The van der Waals surface area contributed by atoms with Gasteiger partial charge in [-0.3, -0.25) is 9.59 Å². The van der Waals surface area contributed by atoms with Crippen molar-refractivity contribution >= 4 is 39.2 Å². The summed E-state index contributed by atoms with van der Waals surface area (Å²) in [6, 6.07) is 8.25.